The summed E-state index contributed by atoms with van der Waals surface area (Å²) in [4.78, 5) is 12.9. The lowest BCUT2D eigenvalue weighted by atomic mass is 9.87. The molecule has 0 saturated heterocycles. The van der Waals surface area contributed by atoms with Gasteiger partial charge in [0.25, 0.3) is 0 Å². The minimum atomic E-state index is 0.0714. The lowest BCUT2D eigenvalue weighted by molar-refractivity contribution is -0.112. The van der Waals surface area contributed by atoms with Crippen LogP contribution in [-0.4, -0.2) is 20.0 Å². The Balaban J connectivity index is 1.89. The van der Waals surface area contributed by atoms with E-state index in [0.29, 0.717) is 21.5 Å². The van der Waals surface area contributed by atoms with Gasteiger partial charge < -0.3 is 9.47 Å². The number of Topliss-reactive ketones (excluding diaryl/α,β-unsaturated/α-hetero) is 1. The van der Waals surface area contributed by atoms with E-state index in [-0.39, 0.29) is 5.78 Å². The number of carbonyl (C=O) groups excluding carboxylic acids is 1. The van der Waals surface area contributed by atoms with Gasteiger partial charge in [-0.1, -0.05) is 35.3 Å². The normalized spacial score (nSPS) is 17.4. The number of rotatable bonds is 4. The summed E-state index contributed by atoms with van der Waals surface area (Å²) in [6.45, 7) is 0. The fourth-order valence-electron chi connectivity index (χ4n) is 3.13. The topological polar surface area (TPSA) is 35.5 Å². The zero-order chi connectivity index (χ0) is 19.4. The van der Waals surface area contributed by atoms with Gasteiger partial charge in [0.15, 0.2) is 17.3 Å². The fraction of sp³-hybridized carbons (Fsp3) is 0.227. The van der Waals surface area contributed by atoms with E-state index in [4.69, 9.17) is 32.7 Å². The van der Waals surface area contributed by atoms with E-state index in [2.05, 4.69) is 0 Å². The number of benzene rings is 2. The molecule has 1 fully saturated rings. The molecule has 1 aliphatic rings. The Kier molecular flexibility index (Phi) is 6.25. The van der Waals surface area contributed by atoms with Gasteiger partial charge >= 0.3 is 0 Å². The number of ether oxygens (including phenoxy) is 2. The molecule has 27 heavy (non-hydrogen) atoms. The number of ketones is 1. The molecule has 0 bridgehead atoms. The van der Waals surface area contributed by atoms with Crippen LogP contribution < -0.4 is 9.47 Å². The zero-order valence-electron chi connectivity index (χ0n) is 15.2. The average Bonchev–Trinajstić information content (AvgIpc) is 2.67. The lowest BCUT2D eigenvalue weighted by Gasteiger charge is -2.17. The zero-order valence-corrected chi connectivity index (χ0v) is 16.7. The average molecular weight is 403 g/mol. The Morgan fingerprint density at radius 3 is 2.00 bits per heavy atom. The number of hydrogen-bond donors (Lipinski definition) is 0. The van der Waals surface area contributed by atoms with Crippen molar-refractivity contribution < 1.29 is 14.3 Å². The summed E-state index contributed by atoms with van der Waals surface area (Å²) in [5, 5.41) is 0.984. The van der Waals surface area contributed by atoms with E-state index in [1.807, 2.05) is 36.4 Å². The van der Waals surface area contributed by atoms with E-state index in [1.165, 1.54) is 0 Å². The Morgan fingerprint density at radius 2 is 1.41 bits per heavy atom. The Bertz CT molecular complexity index is 929. The van der Waals surface area contributed by atoms with Gasteiger partial charge in [-0.2, -0.15) is 0 Å². The molecular formula is C22H20Cl2O3. The summed E-state index contributed by atoms with van der Waals surface area (Å²) in [5.41, 5.74) is 3.36. The predicted molar refractivity (Wildman–Crippen MR) is 111 cm³/mol. The summed E-state index contributed by atoms with van der Waals surface area (Å²) < 4.78 is 10.6. The van der Waals surface area contributed by atoms with Crippen LogP contribution in [0.4, 0.5) is 0 Å². The first kappa shape index (κ1) is 19.5. The van der Waals surface area contributed by atoms with Crippen LogP contribution in [0.1, 0.15) is 30.4 Å². The van der Waals surface area contributed by atoms with E-state index >= 15 is 0 Å². The highest BCUT2D eigenvalue weighted by Gasteiger charge is 2.20. The van der Waals surface area contributed by atoms with Crippen molar-refractivity contribution in [2.45, 2.75) is 19.3 Å². The number of hydrogen-bond acceptors (Lipinski definition) is 3. The molecule has 2 aromatic carbocycles. The number of methoxy groups -OCH3 is 2. The minimum Gasteiger partial charge on any atom is -0.493 e. The molecule has 2 aromatic rings. The molecule has 0 amide bonds. The molecule has 1 saturated carbocycles. The van der Waals surface area contributed by atoms with Crippen molar-refractivity contribution in [1.82, 2.24) is 0 Å². The van der Waals surface area contributed by atoms with Crippen molar-refractivity contribution in [1.29, 1.82) is 0 Å². The van der Waals surface area contributed by atoms with Crippen LogP contribution >= 0.6 is 23.2 Å². The maximum absolute atomic E-state index is 12.9. The molecule has 3 nitrogen and oxygen atoms in total. The molecule has 0 aromatic heterocycles. The van der Waals surface area contributed by atoms with Crippen LogP contribution in [0, 0.1) is 0 Å². The van der Waals surface area contributed by atoms with Crippen molar-refractivity contribution in [3.05, 3.63) is 68.7 Å². The molecule has 1 aliphatic carbocycles. The van der Waals surface area contributed by atoms with Crippen molar-refractivity contribution in [3.8, 4) is 11.5 Å². The molecule has 0 unspecified atom stereocenters. The lowest BCUT2D eigenvalue weighted by Crippen LogP contribution is -2.12. The third-order valence-corrected chi connectivity index (χ3v) is 5.25. The van der Waals surface area contributed by atoms with Crippen molar-refractivity contribution in [2.75, 3.05) is 14.2 Å². The van der Waals surface area contributed by atoms with E-state index in [0.717, 1.165) is 41.5 Å². The van der Waals surface area contributed by atoms with Gasteiger partial charge in [0.1, 0.15) is 0 Å². The monoisotopic (exact) mass is 402 g/mol. The number of allylic oxidation sites excluding steroid dienone is 2. The van der Waals surface area contributed by atoms with Gasteiger partial charge in [-0.15, -0.1) is 0 Å². The molecule has 0 spiro atoms. The third-order valence-electron chi connectivity index (χ3n) is 4.51. The second kappa shape index (κ2) is 8.64. The molecule has 0 heterocycles. The standard InChI is InChI=1S/C22H20Cl2O3/c1-26-20-9-7-15(13-21(20)27-2)11-17-5-3-4-16(22(17)25)10-14-6-8-18(23)19(24)12-14/h6-13H,3-5H2,1-2H3/b16-10+,17-11+. The Morgan fingerprint density at radius 1 is 0.815 bits per heavy atom. The van der Waals surface area contributed by atoms with Crippen molar-refractivity contribution >= 4 is 41.1 Å². The third kappa shape index (κ3) is 4.55. The van der Waals surface area contributed by atoms with Crippen LogP contribution in [0.2, 0.25) is 10.0 Å². The smallest absolute Gasteiger partial charge is 0.185 e. The van der Waals surface area contributed by atoms with Gasteiger partial charge in [-0.25, -0.2) is 0 Å². The van der Waals surface area contributed by atoms with Crippen LogP contribution in [-0.2, 0) is 4.79 Å². The van der Waals surface area contributed by atoms with E-state index in [1.54, 1.807) is 26.4 Å². The molecule has 5 heteroatoms. The number of halogens is 2. The Labute approximate surface area is 169 Å². The molecule has 0 atom stereocenters. The quantitative estimate of drug-likeness (QED) is 0.568. The highest BCUT2D eigenvalue weighted by molar-refractivity contribution is 6.42. The predicted octanol–water partition coefficient (Wildman–Crippen LogP) is 6.23. The van der Waals surface area contributed by atoms with Crippen LogP contribution in [0.15, 0.2) is 47.5 Å². The summed E-state index contributed by atoms with van der Waals surface area (Å²) in [6, 6.07) is 11.0. The number of carbonyl (C=O) groups is 1. The van der Waals surface area contributed by atoms with E-state index in [9.17, 15) is 4.79 Å². The molecule has 0 radical (unpaired) electrons. The largest absolute Gasteiger partial charge is 0.493 e. The van der Waals surface area contributed by atoms with Gasteiger partial charge in [0.2, 0.25) is 0 Å². The second-order valence-electron chi connectivity index (χ2n) is 6.31. The fourth-order valence-corrected chi connectivity index (χ4v) is 3.43. The molecule has 0 N–H and O–H groups in total. The van der Waals surface area contributed by atoms with Gasteiger partial charge in [0.05, 0.1) is 24.3 Å². The maximum atomic E-state index is 12.9. The van der Waals surface area contributed by atoms with Crippen LogP contribution in [0.25, 0.3) is 12.2 Å². The van der Waals surface area contributed by atoms with Crippen molar-refractivity contribution in [3.63, 3.8) is 0 Å². The molecular weight excluding hydrogens is 383 g/mol. The van der Waals surface area contributed by atoms with Gasteiger partial charge in [-0.05, 0) is 66.8 Å². The summed E-state index contributed by atoms with van der Waals surface area (Å²) >= 11 is 12.0. The summed E-state index contributed by atoms with van der Waals surface area (Å²) in [6.07, 6.45) is 6.25. The minimum absolute atomic E-state index is 0.0714. The first-order valence-electron chi connectivity index (χ1n) is 8.64. The van der Waals surface area contributed by atoms with Gasteiger partial charge in [0, 0.05) is 11.1 Å². The highest BCUT2D eigenvalue weighted by atomic mass is 35.5. The summed E-state index contributed by atoms with van der Waals surface area (Å²) in [7, 11) is 3.19. The van der Waals surface area contributed by atoms with Crippen molar-refractivity contribution in [2.24, 2.45) is 0 Å². The molecule has 3 rings (SSSR count). The first-order valence-corrected chi connectivity index (χ1v) is 9.40. The van der Waals surface area contributed by atoms with E-state index < -0.39 is 0 Å². The summed E-state index contributed by atoms with van der Waals surface area (Å²) in [5.74, 6) is 1.37. The SMILES string of the molecule is COc1ccc(/C=C2\CCC/C(=C\c3ccc(Cl)c(Cl)c3)C2=O)cc1OC. The van der Waals surface area contributed by atoms with Gasteiger partial charge in [-0.3, -0.25) is 4.79 Å². The maximum Gasteiger partial charge on any atom is 0.185 e. The first-order chi connectivity index (χ1) is 13.0. The molecule has 140 valence electrons. The highest BCUT2D eigenvalue weighted by Crippen LogP contribution is 2.32. The molecule has 0 aliphatic heterocycles. The second-order valence-corrected chi connectivity index (χ2v) is 7.12. The van der Waals surface area contributed by atoms with Crippen LogP contribution in [0.5, 0.6) is 11.5 Å². The Hall–Kier alpha value is -2.23. The van der Waals surface area contributed by atoms with Crippen LogP contribution in [0.3, 0.4) is 0 Å².